The molecule has 0 saturated heterocycles. The first-order chi connectivity index (χ1) is 11.6. The summed E-state index contributed by atoms with van der Waals surface area (Å²) < 4.78 is 2.45. The maximum absolute atomic E-state index is 2.45. The molecule has 0 saturated carbocycles. The van der Waals surface area contributed by atoms with E-state index in [4.69, 9.17) is 0 Å². The first-order valence-corrected chi connectivity index (χ1v) is 8.78. The number of aryl methyl sites for hydroxylation is 1. The molecule has 1 nitrogen and oxygen atoms in total. The highest BCUT2D eigenvalue weighted by atomic mass is 15.0. The number of fused-ring (bicyclic) bond motifs is 6. The molecule has 24 heavy (non-hydrogen) atoms. The van der Waals surface area contributed by atoms with E-state index in [1.165, 1.54) is 44.1 Å². The summed E-state index contributed by atoms with van der Waals surface area (Å²) in [6, 6.07) is 22.5. The maximum Gasteiger partial charge on any atom is 0.0494 e. The minimum Gasteiger partial charge on any atom is -0.341 e. The van der Waals surface area contributed by atoms with Crippen molar-refractivity contribution in [3.8, 4) is 11.1 Å². The first kappa shape index (κ1) is 13.9. The lowest BCUT2D eigenvalue weighted by Crippen LogP contribution is -2.15. The summed E-state index contributed by atoms with van der Waals surface area (Å²) in [4.78, 5) is 0. The van der Waals surface area contributed by atoms with Gasteiger partial charge in [-0.3, -0.25) is 0 Å². The van der Waals surface area contributed by atoms with Gasteiger partial charge in [-0.15, -0.1) is 0 Å². The molecule has 0 fully saturated rings. The molecule has 1 aromatic heterocycles. The molecule has 118 valence electrons. The van der Waals surface area contributed by atoms with Gasteiger partial charge >= 0.3 is 0 Å². The molecule has 0 bridgehead atoms. The van der Waals surface area contributed by atoms with Gasteiger partial charge in [0.1, 0.15) is 0 Å². The van der Waals surface area contributed by atoms with Crippen molar-refractivity contribution in [1.82, 2.24) is 4.57 Å². The number of aromatic nitrogens is 1. The summed E-state index contributed by atoms with van der Waals surface area (Å²) in [5.41, 5.74) is 8.46. The van der Waals surface area contributed by atoms with Crippen molar-refractivity contribution in [1.29, 1.82) is 0 Å². The monoisotopic (exact) mass is 311 g/mol. The van der Waals surface area contributed by atoms with E-state index >= 15 is 0 Å². The van der Waals surface area contributed by atoms with Crippen molar-refractivity contribution in [2.24, 2.45) is 0 Å². The van der Waals surface area contributed by atoms with Crippen molar-refractivity contribution in [2.45, 2.75) is 32.7 Å². The quantitative estimate of drug-likeness (QED) is 0.399. The van der Waals surface area contributed by atoms with Crippen LogP contribution in [0, 0.1) is 0 Å². The van der Waals surface area contributed by atoms with Crippen LogP contribution >= 0.6 is 0 Å². The molecule has 4 aromatic rings. The Balaban J connectivity index is 1.97. The van der Waals surface area contributed by atoms with Crippen LogP contribution in [0.2, 0.25) is 0 Å². The Labute approximate surface area is 142 Å². The molecule has 0 amide bonds. The van der Waals surface area contributed by atoms with Gasteiger partial charge in [-0.25, -0.2) is 0 Å². The van der Waals surface area contributed by atoms with E-state index in [9.17, 15) is 0 Å². The average molecular weight is 311 g/mol. The van der Waals surface area contributed by atoms with E-state index in [0.717, 1.165) is 6.54 Å². The van der Waals surface area contributed by atoms with Crippen molar-refractivity contribution in [2.75, 3.05) is 0 Å². The number of benzene rings is 3. The van der Waals surface area contributed by atoms with Gasteiger partial charge in [-0.1, -0.05) is 56.3 Å². The molecular weight excluding hydrogens is 290 g/mol. The summed E-state index contributed by atoms with van der Waals surface area (Å²) in [6.45, 7) is 7.93. The predicted octanol–water partition coefficient (Wildman–Crippen LogP) is 6.12. The third kappa shape index (κ3) is 1.55. The molecular formula is C23H21N. The second kappa shape index (κ2) is 4.51. The lowest BCUT2D eigenvalue weighted by molar-refractivity contribution is 0.660. The zero-order valence-corrected chi connectivity index (χ0v) is 14.4. The van der Waals surface area contributed by atoms with Crippen LogP contribution in [0.15, 0.2) is 60.7 Å². The second-order valence-electron chi connectivity index (χ2n) is 7.35. The SMILES string of the molecule is CCn1c2ccccc2c2cc3c(cc21)C(C)(C)c1ccccc1-3. The molecule has 0 radical (unpaired) electrons. The van der Waals surface area contributed by atoms with Gasteiger partial charge in [0.05, 0.1) is 0 Å². The molecule has 0 unspecified atom stereocenters. The Kier molecular flexibility index (Phi) is 2.60. The Bertz CT molecular complexity index is 1110. The Morgan fingerprint density at radius 3 is 2.33 bits per heavy atom. The standard InChI is InChI=1S/C23H21N/c1-4-24-21-12-8-6-10-16(21)18-13-17-15-9-5-7-11-19(15)23(2,3)20(17)14-22(18)24/h5-14H,4H2,1-3H3. The number of hydrogen-bond donors (Lipinski definition) is 0. The Morgan fingerprint density at radius 1 is 0.750 bits per heavy atom. The molecule has 1 heteroatoms. The summed E-state index contributed by atoms with van der Waals surface area (Å²) in [6.07, 6.45) is 0. The van der Waals surface area contributed by atoms with Crippen LogP contribution in [0.5, 0.6) is 0 Å². The van der Waals surface area contributed by atoms with E-state index in [-0.39, 0.29) is 5.41 Å². The smallest absolute Gasteiger partial charge is 0.0494 e. The number of hydrogen-bond acceptors (Lipinski definition) is 0. The minimum atomic E-state index is 0.0646. The van der Waals surface area contributed by atoms with Gasteiger partial charge in [0.2, 0.25) is 0 Å². The van der Waals surface area contributed by atoms with Gasteiger partial charge in [0.15, 0.2) is 0 Å². The third-order valence-electron chi connectivity index (χ3n) is 5.79. The van der Waals surface area contributed by atoms with E-state index in [1.807, 2.05) is 0 Å². The molecule has 3 aromatic carbocycles. The summed E-state index contributed by atoms with van der Waals surface area (Å²) in [5, 5.41) is 2.73. The number of nitrogens with zero attached hydrogens (tertiary/aromatic N) is 1. The number of para-hydroxylation sites is 1. The maximum atomic E-state index is 2.45. The van der Waals surface area contributed by atoms with Crippen LogP contribution in [-0.4, -0.2) is 4.57 Å². The van der Waals surface area contributed by atoms with Crippen LogP contribution in [0.4, 0.5) is 0 Å². The van der Waals surface area contributed by atoms with Crippen molar-refractivity contribution >= 4 is 21.8 Å². The highest BCUT2D eigenvalue weighted by molar-refractivity contribution is 6.10. The lowest BCUT2D eigenvalue weighted by atomic mass is 9.82. The largest absolute Gasteiger partial charge is 0.341 e. The highest BCUT2D eigenvalue weighted by Gasteiger charge is 2.35. The van der Waals surface area contributed by atoms with Crippen molar-refractivity contribution in [3.63, 3.8) is 0 Å². The molecule has 0 N–H and O–H groups in total. The van der Waals surface area contributed by atoms with Gasteiger partial charge in [0, 0.05) is 33.8 Å². The van der Waals surface area contributed by atoms with Crippen LogP contribution in [0.3, 0.4) is 0 Å². The summed E-state index contributed by atoms with van der Waals surface area (Å²) in [7, 11) is 0. The Hall–Kier alpha value is -2.54. The Morgan fingerprint density at radius 2 is 1.50 bits per heavy atom. The fourth-order valence-corrected chi connectivity index (χ4v) is 4.58. The molecule has 0 spiro atoms. The molecule has 1 heterocycles. The highest BCUT2D eigenvalue weighted by Crippen LogP contribution is 2.50. The van der Waals surface area contributed by atoms with E-state index in [2.05, 4.69) is 86.0 Å². The van der Waals surface area contributed by atoms with Gasteiger partial charge < -0.3 is 4.57 Å². The van der Waals surface area contributed by atoms with Gasteiger partial charge in [-0.05, 0) is 47.4 Å². The third-order valence-corrected chi connectivity index (χ3v) is 5.79. The van der Waals surface area contributed by atoms with Crippen LogP contribution in [0.25, 0.3) is 32.9 Å². The lowest BCUT2D eigenvalue weighted by Gasteiger charge is -2.21. The molecule has 1 aliphatic carbocycles. The molecule has 5 rings (SSSR count). The van der Waals surface area contributed by atoms with Gasteiger partial charge in [-0.2, -0.15) is 0 Å². The zero-order chi connectivity index (χ0) is 16.5. The van der Waals surface area contributed by atoms with Crippen molar-refractivity contribution in [3.05, 3.63) is 71.8 Å². The fourth-order valence-electron chi connectivity index (χ4n) is 4.58. The summed E-state index contributed by atoms with van der Waals surface area (Å²) in [5.74, 6) is 0. The number of rotatable bonds is 1. The van der Waals surface area contributed by atoms with E-state index in [0.29, 0.717) is 0 Å². The van der Waals surface area contributed by atoms with Gasteiger partial charge in [0.25, 0.3) is 0 Å². The van der Waals surface area contributed by atoms with E-state index in [1.54, 1.807) is 0 Å². The van der Waals surface area contributed by atoms with E-state index < -0.39 is 0 Å². The van der Waals surface area contributed by atoms with Crippen molar-refractivity contribution < 1.29 is 0 Å². The second-order valence-corrected chi connectivity index (χ2v) is 7.35. The minimum absolute atomic E-state index is 0.0646. The molecule has 0 atom stereocenters. The topological polar surface area (TPSA) is 4.93 Å². The molecule has 1 aliphatic rings. The van der Waals surface area contributed by atoms with Crippen LogP contribution in [-0.2, 0) is 12.0 Å². The van der Waals surface area contributed by atoms with Crippen LogP contribution < -0.4 is 0 Å². The normalized spacial score (nSPS) is 15.0. The predicted molar refractivity (Wildman–Crippen MR) is 103 cm³/mol. The fraction of sp³-hybridized carbons (Fsp3) is 0.217. The average Bonchev–Trinajstić information content (AvgIpc) is 3.04. The summed E-state index contributed by atoms with van der Waals surface area (Å²) >= 11 is 0. The van der Waals surface area contributed by atoms with Crippen LogP contribution in [0.1, 0.15) is 31.9 Å². The molecule has 0 aliphatic heterocycles. The zero-order valence-electron chi connectivity index (χ0n) is 14.4. The first-order valence-electron chi connectivity index (χ1n) is 8.78.